The molecule has 0 aliphatic rings. The SMILES string of the molecule is O=C(O)C=CC(=O)O.[Ag]. The van der Waals surface area contributed by atoms with Gasteiger partial charge in [0, 0.05) is 34.5 Å². The molecule has 0 atom stereocenters. The molecule has 0 fully saturated rings. The Kier molecular flexibility index (Phi) is 6.94. The van der Waals surface area contributed by atoms with E-state index in [0.717, 1.165) is 0 Å². The maximum atomic E-state index is 9.55. The first-order valence-corrected chi connectivity index (χ1v) is 1.77. The van der Waals surface area contributed by atoms with Gasteiger partial charge in [0.15, 0.2) is 0 Å². The van der Waals surface area contributed by atoms with Crippen LogP contribution in [-0.4, -0.2) is 22.2 Å². The minimum atomic E-state index is -1.26. The van der Waals surface area contributed by atoms with E-state index in [0.29, 0.717) is 12.2 Å². The summed E-state index contributed by atoms with van der Waals surface area (Å²) < 4.78 is 0. The van der Waals surface area contributed by atoms with Gasteiger partial charge in [0.1, 0.15) is 0 Å². The first kappa shape index (κ1) is 11.2. The Labute approximate surface area is 66.7 Å². The van der Waals surface area contributed by atoms with Crippen molar-refractivity contribution < 1.29 is 42.2 Å². The van der Waals surface area contributed by atoms with Gasteiger partial charge in [0.05, 0.1) is 0 Å². The van der Waals surface area contributed by atoms with E-state index in [2.05, 4.69) is 0 Å². The normalized spacial score (nSPS) is 8.44. The van der Waals surface area contributed by atoms with Crippen molar-refractivity contribution in [2.75, 3.05) is 0 Å². The number of hydrogen-bond acceptors (Lipinski definition) is 2. The predicted octanol–water partition coefficient (Wildman–Crippen LogP) is -0.291. The van der Waals surface area contributed by atoms with Crippen molar-refractivity contribution in [3.05, 3.63) is 12.2 Å². The predicted molar refractivity (Wildman–Crippen MR) is 24.4 cm³/mol. The molecule has 1 radical (unpaired) electrons. The van der Waals surface area contributed by atoms with Crippen molar-refractivity contribution in [3.8, 4) is 0 Å². The van der Waals surface area contributed by atoms with Crippen LogP contribution in [0.25, 0.3) is 0 Å². The largest absolute Gasteiger partial charge is 0.478 e. The van der Waals surface area contributed by atoms with Gasteiger partial charge in [-0.05, 0) is 0 Å². The molecular weight excluding hydrogens is 220 g/mol. The van der Waals surface area contributed by atoms with Gasteiger partial charge in [-0.3, -0.25) is 0 Å². The van der Waals surface area contributed by atoms with Crippen LogP contribution in [0.5, 0.6) is 0 Å². The summed E-state index contributed by atoms with van der Waals surface area (Å²) in [5.74, 6) is -2.51. The topological polar surface area (TPSA) is 74.6 Å². The quantitative estimate of drug-likeness (QED) is 0.499. The Morgan fingerprint density at radius 3 is 1.33 bits per heavy atom. The number of carbonyl (C=O) groups is 2. The van der Waals surface area contributed by atoms with E-state index < -0.39 is 11.9 Å². The number of aliphatic carboxylic acids is 2. The molecule has 0 aromatic heterocycles. The summed E-state index contributed by atoms with van der Waals surface area (Å²) >= 11 is 0. The van der Waals surface area contributed by atoms with Crippen LogP contribution >= 0.6 is 0 Å². The van der Waals surface area contributed by atoms with Crippen LogP contribution < -0.4 is 0 Å². The molecule has 0 aromatic rings. The van der Waals surface area contributed by atoms with Crippen LogP contribution in [0.15, 0.2) is 12.2 Å². The van der Waals surface area contributed by atoms with Crippen LogP contribution in [0, 0.1) is 0 Å². The molecule has 0 saturated carbocycles. The molecule has 0 bridgehead atoms. The summed E-state index contributed by atoms with van der Waals surface area (Å²) in [6.45, 7) is 0. The molecule has 55 valence electrons. The summed E-state index contributed by atoms with van der Waals surface area (Å²) in [4.78, 5) is 19.1. The van der Waals surface area contributed by atoms with Gasteiger partial charge in [-0.1, -0.05) is 0 Å². The molecule has 0 aromatic carbocycles. The van der Waals surface area contributed by atoms with Crippen molar-refractivity contribution in [3.63, 3.8) is 0 Å². The van der Waals surface area contributed by atoms with Crippen LogP contribution in [0.2, 0.25) is 0 Å². The van der Waals surface area contributed by atoms with Gasteiger partial charge in [-0.2, -0.15) is 0 Å². The zero-order valence-electron chi connectivity index (χ0n) is 4.17. The van der Waals surface area contributed by atoms with Gasteiger partial charge in [0.2, 0.25) is 0 Å². The smallest absolute Gasteiger partial charge is 0.328 e. The maximum absolute atomic E-state index is 9.55. The van der Waals surface area contributed by atoms with E-state index in [1.54, 1.807) is 0 Å². The Balaban J connectivity index is 0. The second kappa shape index (κ2) is 5.56. The molecule has 4 nitrogen and oxygen atoms in total. The van der Waals surface area contributed by atoms with Gasteiger partial charge in [-0.15, -0.1) is 0 Å². The van der Waals surface area contributed by atoms with Crippen molar-refractivity contribution in [1.29, 1.82) is 0 Å². The first-order valence-electron chi connectivity index (χ1n) is 1.77. The summed E-state index contributed by atoms with van der Waals surface area (Å²) in [7, 11) is 0. The fraction of sp³-hybridized carbons (Fsp3) is 0. The molecule has 0 amide bonds. The summed E-state index contributed by atoms with van der Waals surface area (Å²) in [6, 6.07) is 0. The maximum Gasteiger partial charge on any atom is 0.328 e. The van der Waals surface area contributed by atoms with Crippen LogP contribution in [0.3, 0.4) is 0 Å². The molecule has 0 heterocycles. The molecule has 0 rings (SSSR count). The van der Waals surface area contributed by atoms with Gasteiger partial charge < -0.3 is 10.2 Å². The minimum Gasteiger partial charge on any atom is -0.478 e. The van der Waals surface area contributed by atoms with E-state index in [9.17, 15) is 9.59 Å². The number of carboxylic acid groups (broad SMARTS) is 2. The van der Waals surface area contributed by atoms with Crippen molar-refractivity contribution >= 4 is 11.9 Å². The summed E-state index contributed by atoms with van der Waals surface area (Å²) in [6.07, 6.45) is 1.12. The third-order valence-corrected chi connectivity index (χ3v) is 0.368. The Bertz CT molecular complexity index is 124. The van der Waals surface area contributed by atoms with Crippen LogP contribution in [0.4, 0.5) is 0 Å². The molecule has 5 heteroatoms. The molecule has 2 N–H and O–H groups in total. The van der Waals surface area contributed by atoms with E-state index in [-0.39, 0.29) is 22.4 Å². The molecule has 0 spiro atoms. The molecule has 0 aliphatic heterocycles. The van der Waals surface area contributed by atoms with E-state index >= 15 is 0 Å². The van der Waals surface area contributed by atoms with Crippen LogP contribution in [0.1, 0.15) is 0 Å². The van der Waals surface area contributed by atoms with Gasteiger partial charge in [0.25, 0.3) is 0 Å². The fourth-order valence-corrected chi connectivity index (χ4v) is 0.143. The summed E-state index contributed by atoms with van der Waals surface area (Å²) in [5.41, 5.74) is 0. The third-order valence-electron chi connectivity index (χ3n) is 0.368. The summed E-state index contributed by atoms with van der Waals surface area (Å²) in [5, 5.41) is 15.6. The second-order valence-corrected chi connectivity index (χ2v) is 1.01. The molecule has 9 heavy (non-hydrogen) atoms. The Morgan fingerprint density at radius 1 is 1.00 bits per heavy atom. The van der Waals surface area contributed by atoms with E-state index in [1.165, 1.54) is 0 Å². The van der Waals surface area contributed by atoms with Crippen molar-refractivity contribution in [2.24, 2.45) is 0 Å². The zero-order chi connectivity index (χ0) is 6.57. The second-order valence-electron chi connectivity index (χ2n) is 1.01. The Morgan fingerprint density at radius 2 is 1.22 bits per heavy atom. The third kappa shape index (κ3) is 11.2. The van der Waals surface area contributed by atoms with E-state index in [4.69, 9.17) is 10.2 Å². The number of rotatable bonds is 2. The van der Waals surface area contributed by atoms with Gasteiger partial charge >= 0.3 is 11.9 Å². The minimum absolute atomic E-state index is 0. The zero-order valence-corrected chi connectivity index (χ0v) is 5.65. The molecular formula is C4H4AgO4. The molecule has 0 unspecified atom stereocenters. The Hall–Kier alpha value is -0.580. The van der Waals surface area contributed by atoms with Gasteiger partial charge in [-0.25, -0.2) is 9.59 Å². The average molecular weight is 224 g/mol. The van der Waals surface area contributed by atoms with E-state index in [1.807, 2.05) is 0 Å². The monoisotopic (exact) mass is 223 g/mol. The molecule has 0 aliphatic carbocycles. The number of carboxylic acids is 2. The first-order chi connectivity index (χ1) is 3.63. The number of hydrogen-bond donors (Lipinski definition) is 2. The van der Waals surface area contributed by atoms with Crippen molar-refractivity contribution in [2.45, 2.75) is 0 Å². The van der Waals surface area contributed by atoms with Crippen molar-refractivity contribution in [1.82, 2.24) is 0 Å². The average Bonchev–Trinajstić information content (AvgIpc) is 1.61. The fourth-order valence-electron chi connectivity index (χ4n) is 0.143. The van der Waals surface area contributed by atoms with Crippen LogP contribution in [-0.2, 0) is 32.0 Å². The molecule has 0 saturated heterocycles. The standard InChI is InChI=1S/C4H4O4.Ag/c5-3(6)1-2-4(7)8;/h1-2H,(H,5,6)(H,7,8);.